The summed E-state index contributed by atoms with van der Waals surface area (Å²) in [7, 11) is 0. The van der Waals surface area contributed by atoms with Crippen molar-refractivity contribution in [3.05, 3.63) is 58.1 Å². The minimum absolute atomic E-state index is 0.104. The lowest BCUT2D eigenvalue weighted by molar-refractivity contribution is 0.0952. The Kier molecular flexibility index (Phi) is 4.37. The van der Waals surface area contributed by atoms with Gasteiger partial charge in [0, 0.05) is 0 Å². The van der Waals surface area contributed by atoms with E-state index in [0.717, 1.165) is 0 Å². The van der Waals surface area contributed by atoms with Crippen LogP contribution in [-0.2, 0) is 0 Å². The summed E-state index contributed by atoms with van der Waals surface area (Å²) in [5.74, 6) is -0.481. The Morgan fingerprint density at radius 1 is 1.15 bits per heavy atom. The number of carbonyl (C=O) groups is 1. The highest BCUT2D eigenvalue weighted by atomic mass is 79.9. The molecule has 1 amide bonds. The number of hydrogen-bond donors (Lipinski definition) is 3. The van der Waals surface area contributed by atoms with E-state index in [4.69, 9.17) is 0 Å². The standard InChI is InChI=1S/C14H11BrN2O3/c15-11-7-9(5-6-13(11)19)8-16-17-14(20)10-3-1-2-4-12(10)18/h1-8,18-19H,(H,17,20)/b16-8-. The van der Waals surface area contributed by atoms with Crippen molar-refractivity contribution < 1.29 is 15.0 Å². The van der Waals surface area contributed by atoms with E-state index in [0.29, 0.717) is 10.0 Å². The van der Waals surface area contributed by atoms with E-state index < -0.39 is 5.91 Å². The lowest BCUT2D eigenvalue weighted by Crippen LogP contribution is -2.17. The molecular formula is C14H11BrN2O3. The van der Waals surface area contributed by atoms with E-state index in [2.05, 4.69) is 26.5 Å². The van der Waals surface area contributed by atoms with E-state index in [1.807, 2.05) is 0 Å². The summed E-state index contributed by atoms with van der Waals surface area (Å²) in [5, 5.41) is 22.7. The third-order valence-electron chi connectivity index (χ3n) is 2.50. The Balaban J connectivity index is 2.05. The van der Waals surface area contributed by atoms with Crippen molar-refractivity contribution in [1.29, 1.82) is 0 Å². The molecule has 0 atom stereocenters. The molecule has 2 aromatic rings. The Hall–Kier alpha value is -2.34. The number of halogens is 1. The monoisotopic (exact) mass is 334 g/mol. The molecule has 0 fully saturated rings. The zero-order chi connectivity index (χ0) is 14.5. The molecule has 0 aliphatic rings. The SMILES string of the molecule is O=C(N/N=C\c1ccc(O)c(Br)c1)c1ccccc1O. The molecule has 0 saturated carbocycles. The van der Waals surface area contributed by atoms with Gasteiger partial charge in [-0.1, -0.05) is 12.1 Å². The maximum absolute atomic E-state index is 11.7. The van der Waals surface area contributed by atoms with Crippen LogP contribution < -0.4 is 5.43 Å². The molecule has 0 radical (unpaired) electrons. The van der Waals surface area contributed by atoms with Crippen LogP contribution in [-0.4, -0.2) is 22.3 Å². The predicted octanol–water partition coefficient (Wildman–Crippen LogP) is 2.62. The van der Waals surface area contributed by atoms with Crippen LogP contribution in [0.3, 0.4) is 0 Å². The first-order chi connectivity index (χ1) is 9.58. The molecule has 0 bridgehead atoms. The van der Waals surface area contributed by atoms with Gasteiger partial charge in [0.05, 0.1) is 16.3 Å². The zero-order valence-corrected chi connectivity index (χ0v) is 11.8. The third-order valence-corrected chi connectivity index (χ3v) is 3.14. The average molecular weight is 335 g/mol. The van der Waals surface area contributed by atoms with Gasteiger partial charge in [-0.2, -0.15) is 5.10 Å². The number of carbonyl (C=O) groups excluding carboxylic acids is 1. The molecule has 0 unspecified atom stereocenters. The third kappa shape index (κ3) is 3.36. The van der Waals surface area contributed by atoms with Gasteiger partial charge >= 0.3 is 0 Å². The van der Waals surface area contributed by atoms with Crippen molar-refractivity contribution in [2.24, 2.45) is 5.10 Å². The molecule has 0 heterocycles. The Morgan fingerprint density at radius 2 is 1.90 bits per heavy atom. The van der Waals surface area contributed by atoms with Crippen LogP contribution >= 0.6 is 15.9 Å². The molecule has 102 valence electrons. The molecule has 2 aromatic carbocycles. The fourth-order valence-corrected chi connectivity index (χ4v) is 1.89. The molecule has 5 nitrogen and oxygen atoms in total. The summed E-state index contributed by atoms with van der Waals surface area (Å²) >= 11 is 3.18. The van der Waals surface area contributed by atoms with Crippen LogP contribution in [0.25, 0.3) is 0 Å². The number of nitrogens with zero attached hydrogens (tertiary/aromatic N) is 1. The molecule has 3 N–H and O–H groups in total. The predicted molar refractivity (Wildman–Crippen MR) is 79.0 cm³/mol. The van der Waals surface area contributed by atoms with Crippen LogP contribution in [0.2, 0.25) is 0 Å². The number of hydrogen-bond acceptors (Lipinski definition) is 4. The molecule has 6 heteroatoms. The minimum Gasteiger partial charge on any atom is -0.507 e. The molecule has 0 aliphatic carbocycles. The Labute approximate surface area is 123 Å². The number of benzene rings is 2. The molecule has 0 saturated heterocycles. The van der Waals surface area contributed by atoms with Crippen molar-refractivity contribution in [2.45, 2.75) is 0 Å². The van der Waals surface area contributed by atoms with Gasteiger partial charge in [0.1, 0.15) is 11.5 Å². The van der Waals surface area contributed by atoms with Crippen molar-refractivity contribution in [1.82, 2.24) is 5.43 Å². The number of rotatable bonds is 3. The van der Waals surface area contributed by atoms with Crippen LogP contribution in [0, 0.1) is 0 Å². The highest BCUT2D eigenvalue weighted by Gasteiger charge is 2.08. The Morgan fingerprint density at radius 3 is 2.60 bits per heavy atom. The van der Waals surface area contributed by atoms with Gasteiger partial charge in [0.2, 0.25) is 0 Å². The van der Waals surface area contributed by atoms with E-state index in [1.54, 1.807) is 24.3 Å². The second kappa shape index (κ2) is 6.21. The van der Waals surface area contributed by atoms with Crippen LogP contribution in [0.15, 0.2) is 52.0 Å². The van der Waals surface area contributed by atoms with Gasteiger partial charge in [-0.15, -0.1) is 0 Å². The summed E-state index contributed by atoms with van der Waals surface area (Å²) in [5.41, 5.74) is 3.17. The first-order valence-electron chi connectivity index (χ1n) is 5.68. The number of hydrazone groups is 1. The second-order valence-corrected chi connectivity index (χ2v) is 4.78. The summed E-state index contributed by atoms with van der Waals surface area (Å²) < 4.78 is 0.536. The number of nitrogens with one attached hydrogen (secondary N) is 1. The molecule has 0 spiro atoms. The van der Waals surface area contributed by atoms with Crippen LogP contribution in [0.4, 0.5) is 0 Å². The fraction of sp³-hybridized carbons (Fsp3) is 0. The summed E-state index contributed by atoms with van der Waals surface area (Å²) in [4.78, 5) is 11.7. The van der Waals surface area contributed by atoms with Gasteiger partial charge < -0.3 is 10.2 Å². The maximum atomic E-state index is 11.7. The van der Waals surface area contributed by atoms with E-state index in [9.17, 15) is 15.0 Å². The average Bonchev–Trinajstić information content (AvgIpc) is 2.43. The van der Waals surface area contributed by atoms with E-state index in [1.165, 1.54) is 24.4 Å². The first kappa shape index (κ1) is 14.1. The molecule has 0 aromatic heterocycles. The molecule has 2 rings (SSSR count). The van der Waals surface area contributed by atoms with Gasteiger partial charge in [-0.05, 0) is 51.8 Å². The molecule has 20 heavy (non-hydrogen) atoms. The summed E-state index contributed by atoms with van der Waals surface area (Å²) in [6, 6.07) is 11.0. The normalized spacial score (nSPS) is 10.7. The number of aromatic hydroxyl groups is 2. The van der Waals surface area contributed by atoms with Gasteiger partial charge in [0.15, 0.2) is 0 Å². The highest BCUT2D eigenvalue weighted by molar-refractivity contribution is 9.10. The first-order valence-corrected chi connectivity index (χ1v) is 6.47. The second-order valence-electron chi connectivity index (χ2n) is 3.93. The van der Waals surface area contributed by atoms with Gasteiger partial charge in [0.25, 0.3) is 5.91 Å². The zero-order valence-electron chi connectivity index (χ0n) is 10.2. The van der Waals surface area contributed by atoms with Crippen LogP contribution in [0.5, 0.6) is 11.5 Å². The smallest absolute Gasteiger partial charge is 0.275 e. The van der Waals surface area contributed by atoms with Crippen molar-refractivity contribution >= 4 is 28.1 Å². The van der Waals surface area contributed by atoms with Crippen molar-refractivity contribution in [2.75, 3.05) is 0 Å². The number of phenols is 2. The largest absolute Gasteiger partial charge is 0.507 e. The van der Waals surface area contributed by atoms with Gasteiger partial charge in [-0.3, -0.25) is 4.79 Å². The van der Waals surface area contributed by atoms with Gasteiger partial charge in [-0.25, -0.2) is 5.43 Å². The van der Waals surface area contributed by atoms with E-state index in [-0.39, 0.29) is 17.1 Å². The topological polar surface area (TPSA) is 81.9 Å². The van der Waals surface area contributed by atoms with Crippen molar-refractivity contribution in [3.8, 4) is 11.5 Å². The quantitative estimate of drug-likeness (QED) is 0.596. The highest BCUT2D eigenvalue weighted by Crippen LogP contribution is 2.23. The molecular weight excluding hydrogens is 324 g/mol. The fourth-order valence-electron chi connectivity index (χ4n) is 1.49. The summed E-state index contributed by atoms with van der Waals surface area (Å²) in [6.07, 6.45) is 1.43. The summed E-state index contributed by atoms with van der Waals surface area (Å²) in [6.45, 7) is 0. The number of para-hydroxylation sites is 1. The lowest BCUT2D eigenvalue weighted by Gasteiger charge is -2.02. The van der Waals surface area contributed by atoms with Crippen molar-refractivity contribution in [3.63, 3.8) is 0 Å². The molecule has 0 aliphatic heterocycles. The van der Waals surface area contributed by atoms with Crippen LogP contribution in [0.1, 0.15) is 15.9 Å². The maximum Gasteiger partial charge on any atom is 0.275 e. The number of amides is 1. The Bertz CT molecular complexity index is 671. The lowest BCUT2D eigenvalue weighted by atomic mass is 10.2. The minimum atomic E-state index is -0.503. The number of phenolic OH excluding ortho intramolecular Hbond substituents is 2. The van der Waals surface area contributed by atoms with E-state index >= 15 is 0 Å².